The van der Waals surface area contributed by atoms with Crippen molar-refractivity contribution in [1.29, 1.82) is 0 Å². The summed E-state index contributed by atoms with van der Waals surface area (Å²) in [7, 11) is 0. The molecule has 1 aromatic carbocycles. The summed E-state index contributed by atoms with van der Waals surface area (Å²) in [6.45, 7) is 3.99. The van der Waals surface area contributed by atoms with Gasteiger partial charge in [-0.25, -0.2) is 0 Å². The molecule has 0 spiro atoms. The lowest BCUT2D eigenvalue weighted by Gasteiger charge is -2.25. The Morgan fingerprint density at radius 3 is 2.47 bits per heavy atom. The molecule has 1 heterocycles. The van der Waals surface area contributed by atoms with E-state index in [1.165, 1.54) is 4.90 Å². The van der Waals surface area contributed by atoms with E-state index in [1.54, 1.807) is 0 Å². The molecule has 3 nitrogen and oxygen atoms in total. The molecular formula is C16H17NO2. The minimum absolute atomic E-state index is 0.0608. The molecule has 1 aliphatic heterocycles. The Bertz CT molecular complexity index is 553. The van der Waals surface area contributed by atoms with Gasteiger partial charge in [-0.15, -0.1) is 6.42 Å². The Kier molecular flexibility index (Phi) is 3.44. The topological polar surface area (TPSA) is 37.4 Å². The highest BCUT2D eigenvalue weighted by Gasteiger charge is 2.51. The zero-order valence-electron chi connectivity index (χ0n) is 11.3. The van der Waals surface area contributed by atoms with E-state index in [-0.39, 0.29) is 24.8 Å². The SMILES string of the molecule is C#CCN1C(=O)C[C@](CC)(c2ccc(C)cc2)C1=O. The summed E-state index contributed by atoms with van der Waals surface area (Å²) in [6.07, 6.45) is 6.04. The number of carbonyl (C=O) groups is 2. The monoisotopic (exact) mass is 255 g/mol. The van der Waals surface area contributed by atoms with E-state index in [4.69, 9.17) is 6.42 Å². The molecule has 1 saturated heterocycles. The average Bonchev–Trinajstić information content (AvgIpc) is 2.65. The summed E-state index contributed by atoms with van der Waals surface area (Å²) in [5.74, 6) is 2.04. The average molecular weight is 255 g/mol. The smallest absolute Gasteiger partial charge is 0.241 e. The molecule has 0 aromatic heterocycles. The predicted molar refractivity (Wildman–Crippen MR) is 73.3 cm³/mol. The number of amides is 2. The van der Waals surface area contributed by atoms with Crippen molar-refractivity contribution >= 4 is 11.8 Å². The Labute approximate surface area is 113 Å². The molecule has 1 aromatic rings. The van der Waals surface area contributed by atoms with Crippen LogP contribution in [0.4, 0.5) is 0 Å². The summed E-state index contributed by atoms with van der Waals surface area (Å²) in [5.41, 5.74) is 1.30. The van der Waals surface area contributed by atoms with Gasteiger partial charge in [-0.3, -0.25) is 14.5 Å². The van der Waals surface area contributed by atoms with Gasteiger partial charge in [-0.05, 0) is 18.9 Å². The number of hydrogen-bond acceptors (Lipinski definition) is 2. The normalized spacial score (nSPS) is 22.7. The van der Waals surface area contributed by atoms with Gasteiger partial charge in [0.05, 0.1) is 12.0 Å². The van der Waals surface area contributed by atoms with Crippen molar-refractivity contribution in [2.24, 2.45) is 0 Å². The van der Waals surface area contributed by atoms with Gasteiger partial charge in [0, 0.05) is 6.42 Å². The summed E-state index contributed by atoms with van der Waals surface area (Å²) >= 11 is 0. The molecule has 0 saturated carbocycles. The van der Waals surface area contributed by atoms with Crippen molar-refractivity contribution in [2.45, 2.75) is 32.1 Å². The van der Waals surface area contributed by atoms with Crippen LogP contribution in [0.1, 0.15) is 30.9 Å². The van der Waals surface area contributed by atoms with Crippen LogP contribution in [0, 0.1) is 19.3 Å². The minimum atomic E-state index is -0.734. The fourth-order valence-corrected chi connectivity index (χ4v) is 2.63. The van der Waals surface area contributed by atoms with Crippen LogP contribution in [-0.2, 0) is 15.0 Å². The van der Waals surface area contributed by atoms with Gasteiger partial charge in [-0.2, -0.15) is 0 Å². The molecule has 0 bridgehead atoms. The Morgan fingerprint density at radius 2 is 1.95 bits per heavy atom. The quantitative estimate of drug-likeness (QED) is 0.612. The van der Waals surface area contributed by atoms with Gasteiger partial charge < -0.3 is 0 Å². The fraction of sp³-hybridized carbons (Fsp3) is 0.375. The maximum atomic E-state index is 12.6. The molecule has 1 atom stereocenters. The molecule has 3 heteroatoms. The van der Waals surface area contributed by atoms with Crippen LogP contribution in [0.3, 0.4) is 0 Å². The van der Waals surface area contributed by atoms with Crippen molar-refractivity contribution in [3.05, 3.63) is 35.4 Å². The largest absolute Gasteiger partial charge is 0.274 e. The molecule has 2 rings (SSSR count). The predicted octanol–water partition coefficient (Wildman–Crippen LogP) is 2.03. The molecule has 0 unspecified atom stereocenters. The number of benzene rings is 1. The minimum Gasteiger partial charge on any atom is -0.274 e. The van der Waals surface area contributed by atoms with Crippen LogP contribution in [0.25, 0.3) is 0 Å². The zero-order valence-corrected chi connectivity index (χ0v) is 11.3. The number of nitrogens with zero attached hydrogens (tertiary/aromatic N) is 1. The van der Waals surface area contributed by atoms with Crippen molar-refractivity contribution in [2.75, 3.05) is 6.54 Å². The van der Waals surface area contributed by atoms with Crippen LogP contribution in [0.15, 0.2) is 24.3 Å². The van der Waals surface area contributed by atoms with E-state index < -0.39 is 5.41 Å². The van der Waals surface area contributed by atoms with Gasteiger partial charge in [-0.1, -0.05) is 42.7 Å². The third kappa shape index (κ3) is 2.04. The van der Waals surface area contributed by atoms with Crippen molar-refractivity contribution in [3.63, 3.8) is 0 Å². The lowest BCUT2D eigenvalue weighted by Crippen LogP contribution is -2.38. The molecule has 0 radical (unpaired) electrons. The van der Waals surface area contributed by atoms with E-state index in [0.717, 1.165) is 11.1 Å². The number of rotatable bonds is 3. The van der Waals surface area contributed by atoms with Gasteiger partial charge in [0.15, 0.2) is 0 Å². The van der Waals surface area contributed by atoms with Crippen LogP contribution >= 0.6 is 0 Å². The van der Waals surface area contributed by atoms with Gasteiger partial charge in [0.1, 0.15) is 0 Å². The Balaban J connectivity index is 2.45. The lowest BCUT2D eigenvalue weighted by atomic mass is 9.76. The van der Waals surface area contributed by atoms with Crippen molar-refractivity contribution in [3.8, 4) is 12.3 Å². The maximum Gasteiger partial charge on any atom is 0.241 e. The first-order chi connectivity index (χ1) is 9.05. The summed E-state index contributed by atoms with van der Waals surface area (Å²) in [4.78, 5) is 25.8. The zero-order chi connectivity index (χ0) is 14.0. The highest BCUT2D eigenvalue weighted by Crippen LogP contribution is 2.39. The van der Waals surface area contributed by atoms with Gasteiger partial charge in [0.25, 0.3) is 0 Å². The van der Waals surface area contributed by atoms with Crippen molar-refractivity contribution in [1.82, 2.24) is 4.90 Å². The van der Waals surface area contributed by atoms with Gasteiger partial charge in [0.2, 0.25) is 11.8 Å². The number of likely N-dealkylation sites (tertiary alicyclic amines) is 1. The highest BCUT2D eigenvalue weighted by atomic mass is 16.2. The number of imide groups is 1. The molecule has 2 amide bonds. The fourth-order valence-electron chi connectivity index (χ4n) is 2.63. The van der Waals surface area contributed by atoms with E-state index >= 15 is 0 Å². The van der Waals surface area contributed by atoms with Crippen LogP contribution in [-0.4, -0.2) is 23.3 Å². The summed E-state index contributed by atoms with van der Waals surface area (Å²) < 4.78 is 0. The maximum absolute atomic E-state index is 12.6. The third-order valence-corrected chi connectivity index (χ3v) is 3.87. The molecule has 98 valence electrons. The Hall–Kier alpha value is -2.08. The summed E-state index contributed by atoms with van der Waals surface area (Å²) in [6, 6.07) is 7.80. The van der Waals surface area contributed by atoms with Gasteiger partial charge >= 0.3 is 0 Å². The van der Waals surface area contributed by atoms with Crippen LogP contribution < -0.4 is 0 Å². The molecule has 19 heavy (non-hydrogen) atoms. The first kappa shape index (κ1) is 13.4. The number of aryl methyl sites for hydroxylation is 1. The second-order valence-electron chi connectivity index (χ2n) is 4.97. The molecule has 1 aliphatic rings. The van der Waals surface area contributed by atoms with Crippen LogP contribution in [0.5, 0.6) is 0 Å². The first-order valence-corrected chi connectivity index (χ1v) is 6.40. The first-order valence-electron chi connectivity index (χ1n) is 6.40. The van der Waals surface area contributed by atoms with E-state index in [1.807, 2.05) is 38.1 Å². The number of terminal acetylenes is 1. The molecule has 0 aliphatic carbocycles. The molecule has 1 fully saturated rings. The van der Waals surface area contributed by atoms with E-state index in [2.05, 4.69) is 5.92 Å². The van der Waals surface area contributed by atoms with Crippen molar-refractivity contribution < 1.29 is 9.59 Å². The van der Waals surface area contributed by atoms with E-state index in [9.17, 15) is 9.59 Å². The second-order valence-corrected chi connectivity index (χ2v) is 4.97. The third-order valence-electron chi connectivity index (χ3n) is 3.87. The highest BCUT2D eigenvalue weighted by molar-refractivity contribution is 6.09. The lowest BCUT2D eigenvalue weighted by molar-refractivity contribution is -0.139. The Morgan fingerprint density at radius 1 is 1.32 bits per heavy atom. The van der Waals surface area contributed by atoms with Crippen LogP contribution in [0.2, 0.25) is 0 Å². The number of hydrogen-bond donors (Lipinski definition) is 0. The molecular weight excluding hydrogens is 238 g/mol. The summed E-state index contributed by atoms with van der Waals surface area (Å²) in [5, 5.41) is 0. The number of carbonyl (C=O) groups excluding carboxylic acids is 2. The molecule has 0 N–H and O–H groups in total. The van der Waals surface area contributed by atoms with E-state index in [0.29, 0.717) is 6.42 Å². The standard InChI is InChI=1S/C16H17NO2/c1-4-10-17-14(18)11-16(5-2,15(17)19)13-8-6-12(3)7-9-13/h1,6-9H,5,10-11H2,2-3H3/t16-/m1/s1. The second kappa shape index (κ2) is 4.89.